The van der Waals surface area contributed by atoms with Gasteiger partial charge in [-0.15, -0.1) is 0 Å². The maximum absolute atomic E-state index is 11.9. The molecule has 2 heterocycles. The van der Waals surface area contributed by atoms with Crippen molar-refractivity contribution in [1.82, 2.24) is 4.90 Å². The molecule has 13 heteroatoms. The van der Waals surface area contributed by atoms with Gasteiger partial charge in [-0.25, -0.2) is 0 Å². The lowest BCUT2D eigenvalue weighted by atomic mass is 10.1. The van der Waals surface area contributed by atoms with Gasteiger partial charge in [0.15, 0.2) is 12.9 Å². The zero-order chi connectivity index (χ0) is 16.7. The minimum Gasteiger partial charge on any atom is -0.856 e. The van der Waals surface area contributed by atoms with Crippen LogP contribution in [0.1, 0.15) is 0 Å². The van der Waals surface area contributed by atoms with Crippen LogP contribution in [0.4, 0.5) is 0 Å². The first kappa shape index (κ1) is 17.1. The number of quaternary nitrogens is 1. The molecule has 0 bridgehead atoms. The molecule has 6 N–H and O–H groups in total. The first-order valence-corrected chi connectivity index (χ1v) is 7.57. The van der Waals surface area contributed by atoms with E-state index in [4.69, 9.17) is 10.5 Å². The molecule has 12 nitrogen and oxygen atoms in total. The summed E-state index contributed by atoms with van der Waals surface area (Å²) in [4.78, 5) is 32.8. The fraction of sp³-hybridized carbons (Fsp3) is 0.667. The maximum atomic E-state index is 11.9. The summed E-state index contributed by atoms with van der Waals surface area (Å²) in [6, 6.07) is 0. The van der Waals surface area contributed by atoms with E-state index in [1.165, 1.54) is 5.32 Å². The van der Waals surface area contributed by atoms with Gasteiger partial charge in [0.25, 0.3) is 0 Å². The Morgan fingerprint density at radius 1 is 1.50 bits per heavy atom. The maximum Gasteiger partial charge on any atom is 0.303 e. The molecule has 0 aliphatic carbocycles. The number of carbonyl (C=O) groups is 1. The van der Waals surface area contributed by atoms with Crippen LogP contribution in [0.2, 0.25) is 0 Å². The summed E-state index contributed by atoms with van der Waals surface area (Å²) in [5.74, 6) is -1.73. The number of nitrogens with zero attached hydrogens (tertiary/aromatic N) is 1. The SMILES string of the molecule is NC(=O)C1=C([O-])N([C@@H]2O[C@H](COP(=O)([O-])[O-])[C@@H](O)[C@H]2O)C[NH2+]1. The molecule has 1 amide bonds. The van der Waals surface area contributed by atoms with E-state index in [-0.39, 0.29) is 12.4 Å². The molecule has 0 aromatic heterocycles. The average Bonchev–Trinajstić information content (AvgIpc) is 2.90. The van der Waals surface area contributed by atoms with Crippen molar-refractivity contribution in [2.75, 3.05) is 13.3 Å². The third-order valence-electron chi connectivity index (χ3n) is 3.29. The summed E-state index contributed by atoms with van der Waals surface area (Å²) in [6.45, 7) is -0.891. The number of ether oxygens (including phenoxy) is 1. The Kier molecular flexibility index (Phi) is 4.75. The van der Waals surface area contributed by atoms with Gasteiger partial charge < -0.3 is 49.6 Å². The van der Waals surface area contributed by atoms with E-state index in [0.717, 1.165) is 4.90 Å². The zero-order valence-corrected chi connectivity index (χ0v) is 11.9. The third-order valence-corrected chi connectivity index (χ3v) is 3.76. The van der Waals surface area contributed by atoms with Crippen molar-refractivity contribution in [3.8, 4) is 0 Å². The summed E-state index contributed by atoms with van der Waals surface area (Å²) in [7, 11) is -5.27. The van der Waals surface area contributed by atoms with Crippen LogP contribution in [0.3, 0.4) is 0 Å². The van der Waals surface area contributed by atoms with Crippen molar-refractivity contribution in [3.05, 3.63) is 11.6 Å². The predicted molar refractivity (Wildman–Crippen MR) is 59.1 cm³/mol. The van der Waals surface area contributed by atoms with Crippen LogP contribution in [0.15, 0.2) is 11.6 Å². The molecule has 2 rings (SSSR count). The van der Waals surface area contributed by atoms with Crippen molar-refractivity contribution in [2.45, 2.75) is 24.5 Å². The topological polar surface area (TPSA) is 208 Å². The fourth-order valence-electron chi connectivity index (χ4n) is 2.23. The Morgan fingerprint density at radius 2 is 2.14 bits per heavy atom. The number of rotatable bonds is 5. The van der Waals surface area contributed by atoms with E-state index in [2.05, 4.69) is 4.52 Å². The number of amides is 1. The number of aliphatic hydroxyl groups excluding tert-OH is 2. The molecule has 0 unspecified atom stereocenters. The molecular formula is C9H14N3O9P-2. The Morgan fingerprint density at radius 3 is 2.64 bits per heavy atom. The number of nitrogens with two attached hydrogens (primary N) is 2. The van der Waals surface area contributed by atoms with Gasteiger partial charge in [0.2, 0.25) is 5.70 Å². The highest BCUT2D eigenvalue weighted by atomic mass is 31.2. The number of aliphatic hydroxyl groups is 2. The average molecular weight is 339 g/mol. The highest BCUT2D eigenvalue weighted by Crippen LogP contribution is 2.30. The van der Waals surface area contributed by atoms with Gasteiger partial charge in [-0.05, 0) is 0 Å². The normalized spacial score (nSPS) is 32.8. The molecule has 0 aromatic rings. The smallest absolute Gasteiger partial charge is 0.303 e. The Balaban J connectivity index is 2.08. The molecular weight excluding hydrogens is 325 g/mol. The van der Waals surface area contributed by atoms with E-state index in [1.54, 1.807) is 0 Å². The van der Waals surface area contributed by atoms with Crippen molar-refractivity contribution in [3.63, 3.8) is 0 Å². The van der Waals surface area contributed by atoms with Gasteiger partial charge in [-0.3, -0.25) is 10.1 Å². The number of carbonyl (C=O) groups excluding carboxylic acids is 1. The lowest BCUT2D eigenvalue weighted by Crippen LogP contribution is -2.83. The molecule has 0 saturated carbocycles. The third kappa shape index (κ3) is 3.39. The number of phosphoric ester groups is 1. The highest BCUT2D eigenvalue weighted by molar-refractivity contribution is 7.43. The van der Waals surface area contributed by atoms with Gasteiger partial charge >= 0.3 is 5.91 Å². The predicted octanol–water partition coefficient (Wildman–Crippen LogP) is -6.87. The van der Waals surface area contributed by atoms with Crippen LogP contribution in [0.5, 0.6) is 0 Å². The molecule has 0 aromatic carbocycles. The van der Waals surface area contributed by atoms with Crippen LogP contribution < -0.4 is 25.9 Å². The van der Waals surface area contributed by atoms with E-state index >= 15 is 0 Å². The van der Waals surface area contributed by atoms with E-state index < -0.39 is 50.8 Å². The van der Waals surface area contributed by atoms with E-state index in [9.17, 15) is 34.5 Å². The number of phosphoric acid groups is 1. The molecule has 1 fully saturated rings. The second-order valence-corrected chi connectivity index (χ2v) is 5.88. The number of hydrogen-bond acceptors (Lipinski definition) is 10. The lowest BCUT2D eigenvalue weighted by Gasteiger charge is -2.31. The van der Waals surface area contributed by atoms with Crippen LogP contribution in [-0.2, 0) is 18.6 Å². The molecule has 2 aliphatic heterocycles. The highest BCUT2D eigenvalue weighted by Gasteiger charge is 2.47. The fourth-order valence-corrected chi connectivity index (χ4v) is 2.56. The second-order valence-electron chi connectivity index (χ2n) is 4.73. The second kappa shape index (κ2) is 6.10. The van der Waals surface area contributed by atoms with Gasteiger partial charge in [0, 0.05) is 5.88 Å². The van der Waals surface area contributed by atoms with Gasteiger partial charge in [0.1, 0.15) is 18.3 Å². The lowest BCUT2D eigenvalue weighted by molar-refractivity contribution is -0.606. The minimum atomic E-state index is -5.27. The van der Waals surface area contributed by atoms with Crippen LogP contribution in [0, 0.1) is 0 Å². The van der Waals surface area contributed by atoms with Crippen molar-refractivity contribution >= 4 is 13.7 Å². The Labute approximate surface area is 124 Å². The Bertz CT molecular complexity index is 534. The summed E-state index contributed by atoms with van der Waals surface area (Å²) in [5.41, 5.74) is 4.72. The molecule has 4 atom stereocenters. The minimum absolute atomic E-state index is 0.0826. The summed E-state index contributed by atoms with van der Waals surface area (Å²) >= 11 is 0. The standard InChI is InChI=1S/C9H16N3O9P/c10-7(15)4-8(16)12(2-11-4)9-6(14)5(13)3(21-9)1-20-22(17,18)19/h3,5-6,9,11,13-14,16H,1-2H2,(H2,10,15)(H2,17,18,19)/p-2/t3-,5-,6-,9-/m1/s1. The molecule has 0 spiro atoms. The van der Waals surface area contributed by atoms with Crippen LogP contribution in [0.25, 0.3) is 0 Å². The quantitative estimate of drug-likeness (QED) is 0.348. The van der Waals surface area contributed by atoms with Gasteiger partial charge in [-0.2, -0.15) is 0 Å². The van der Waals surface area contributed by atoms with E-state index in [0.29, 0.717) is 0 Å². The van der Waals surface area contributed by atoms with Crippen molar-refractivity contribution < 1.29 is 49.0 Å². The molecule has 0 radical (unpaired) electrons. The number of primary amides is 1. The monoisotopic (exact) mass is 339 g/mol. The molecule has 1 saturated heterocycles. The van der Waals surface area contributed by atoms with E-state index in [1.807, 2.05) is 0 Å². The summed E-state index contributed by atoms with van der Waals surface area (Å²) in [5, 5.41) is 32.8. The molecule has 2 aliphatic rings. The molecule has 22 heavy (non-hydrogen) atoms. The van der Waals surface area contributed by atoms with Crippen molar-refractivity contribution in [2.24, 2.45) is 5.73 Å². The summed E-state index contributed by atoms with van der Waals surface area (Å²) < 4.78 is 19.6. The Hall–Kier alpha value is -1.24. The van der Waals surface area contributed by atoms with Crippen LogP contribution in [-0.4, -0.2) is 58.8 Å². The van der Waals surface area contributed by atoms with Gasteiger partial charge in [0.05, 0.1) is 14.4 Å². The van der Waals surface area contributed by atoms with Crippen molar-refractivity contribution in [1.29, 1.82) is 0 Å². The largest absolute Gasteiger partial charge is 0.856 e. The number of hydrogen-bond donors (Lipinski definition) is 4. The first-order valence-electron chi connectivity index (χ1n) is 6.11. The molecule has 126 valence electrons. The summed E-state index contributed by atoms with van der Waals surface area (Å²) in [6.07, 6.45) is -5.82. The van der Waals surface area contributed by atoms with Gasteiger partial charge in [-0.1, -0.05) is 0 Å². The van der Waals surface area contributed by atoms with Crippen LogP contribution >= 0.6 is 7.82 Å². The first-order chi connectivity index (χ1) is 10.1. The zero-order valence-electron chi connectivity index (χ0n) is 11.0.